The van der Waals surface area contributed by atoms with Gasteiger partial charge in [0.1, 0.15) is 18.5 Å². The average molecular weight is 465 g/mol. The maximum atomic E-state index is 6.92. The van der Waals surface area contributed by atoms with Gasteiger partial charge in [-0.15, -0.1) is 0 Å². The molecule has 180 valence electrons. The SMILES string of the molecule is Cc1c2c(c(C)c3c(C(C)C)cccc13)Oc1cc(C3CCC(C)(C)CC3)cc3cc[n+](C)c-2c13. The van der Waals surface area contributed by atoms with Crippen LogP contribution in [0.2, 0.25) is 0 Å². The molecule has 2 heterocycles. The first-order valence-corrected chi connectivity index (χ1v) is 13.4. The molecule has 0 saturated heterocycles. The number of ether oxygens (including phenoxy) is 1. The molecule has 1 saturated carbocycles. The molecular formula is C33H38NO+. The predicted molar refractivity (Wildman–Crippen MR) is 147 cm³/mol. The summed E-state index contributed by atoms with van der Waals surface area (Å²) >= 11 is 0. The molecule has 4 aromatic rings. The summed E-state index contributed by atoms with van der Waals surface area (Å²) in [4.78, 5) is 0. The van der Waals surface area contributed by atoms with Crippen LogP contribution in [0.3, 0.4) is 0 Å². The second kappa shape index (κ2) is 7.82. The molecule has 35 heavy (non-hydrogen) atoms. The van der Waals surface area contributed by atoms with Crippen molar-refractivity contribution in [3.8, 4) is 22.8 Å². The van der Waals surface area contributed by atoms with E-state index in [1.165, 1.54) is 80.7 Å². The molecule has 1 aliphatic heterocycles. The van der Waals surface area contributed by atoms with E-state index in [2.05, 4.69) is 95.8 Å². The molecule has 0 N–H and O–H groups in total. The van der Waals surface area contributed by atoms with E-state index in [1.807, 2.05) is 0 Å². The van der Waals surface area contributed by atoms with Gasteiger partial charge in [0.25, 0.3) is 0 Å². The maximum absolute atomic E-state index is 6.92. The molecule has 2 heteroatoms. The Labute approximate surface area is 209 Å². The molecule has 0 spiro atoms. The van der Waals surface area contributed by atoms with Gasteiger partial charge >= 0.3 is 0 Å². The second-order valence-corrected chi connectivity index (χ2v) is 12.2. The summed E-state index contributed by atoms with van der Waals surface area (Å²) < 4.78 is 9.21. The largest absolute Gasteiger partial charge is 0.455 e. The number of aromatic nitrogens is 1. The lowest BCUT2D eigenvalue weighted by Crippen LogP contribution is -2.32. The molecule has 1 aliphatic carbocycles. The van der Waals surface area contributed by atoms with Crippen LogP contribution in [0.1, 0.15) is 87.5 Å². The molecule has 0 atom stereocenters. The Morgan fingerprint density at radius 2 is 1.71 bits per heavy atom. The Morgan fingerprint density at radius 1 is 0.971 bits per heavy atom. The van der Waals surface area contributed by atoms with Gasteiger partial charge in [0.05, 0.1) is 10.9 Å². The molecule has 1 aromatic heterocycles. The zero-order valence-corrected chi connectivity index (χ0v) is 22.4. The molecule has 0 unspecified atom stereocenters. The van der Waals surface area contributed by atoms with E-state index in [1.54, 1.807) is 0 Å². The Morgan fingerprint density at radius 3 is 2.43 bits per heavy atom. The van der Waals surface area contributed by atoms with Gasteiger partial charge in [-0.05, 0) is 95.7 Å². The zero-order chi connectivity index (χ0) is 24.6. The fourth-order valence-corrected chi connectivity index (χ4v) is 6.75. The Balaban J connectivity index is 1.61. The molecule has 0 radical (unpaired) electrons. The number of benzene rings is 3. The quantitative estimate of drug-likeness (QED) is 0.238. The van der Waals surface area contributed by atoms with Gasteiger partial charge in [-0.25, -0.2) is 4.57 Å². The van der Waals surface area contributed by atoms with Crippen LogP contribution in [0.25, 0.3) is 32.8 Å². The summed E-state index contributed by atoms with van der Waals surface area (Å²) in [5.41, 5.74) is 8.44. The number of hydrogen-bond donors (Lipinski definition) is 0. The standard InChI is InChI=1S/C33H38NO/c1-19(2)25-9-8-10-26-20(3)29-31-30-23(13-16-34(31)7)17-24(22-11-14-33(5,6)15-12-22)18-27(30)35-32(29)21(4)28(25)26/h8-10,13,16-19,22H,11-12,14-15H2,1-7H3/q+1. The highest BCUT2D eigenvalue weighted by molar-refractivity contribution is 6.07. The van der Waals surface area contributed by atoms with E-state index in [0.717, 1.165) is 11.5 Å². The summed E-state index contributed by atoms with van der Waals surface area (Å²) in [6, 6.07) is 13.9. The third kappa shape index (κ3) is 3.40. The third-order valence-corrected chi connectivity index (χ3v) is 8.92. The van der Waals surface area contributed by atoms with Crippen LogP contribution in [-0.2, 0) is 7.05 Å². The van der Waals surface area contributed by atoms with Gasteiger partial charge < -0.3 is 4.74 Å². The van der Waals surface area contributed by atoms with E-state index in [-0.39, 0.29) is 0 Å². The lowest BCUT2D eigenvalue weighted by molar-refractivity contribution is -0.659. The molecule has 0 bridgehead atoms. The van der Waals surface area contributed by atoms with Crippen LogP contribution >= 0.6 is 0 Å². The maximum Gasteiger partial charge on any atom is 0.228 e. The van der Waals surface area contributed by atoms with Gasteiger partial charge in [-0.1, -0.05) is 52.0 Å². The molecule has 2 nitrogen and oxygen atoms in total. The van der Waals surface area contributed by atoms with Crippen molar-refractivity contribution in [3.63, 3.8) is 0 Å². The number of hydrogen-bond acceptors (Lipinski definition) is 1. The van der Waals surface area contributed by atoms with Crippen LogP contribution in [0.15, 0.2) is 42.6 Å². The highest BCUT2D eigenvalue weighted by Gasteiger charge is 2.34. The Hall–Kier alpha value is -2.87. The molecule has 6 rings (SSSR count). The first-order valence-electron chi connectivity index (χ1n) is 13.4. The summed E-state index contributed by atoms with van der Waals surface area (Å²) in [5, 5.41) is 5.26. The van der Waals surface area contributed by atoms with Crippen LogP contribution in [0, 0.1) is 19.3 Å². The summed E-state index contributed by atoms with van der Waals surface area (Å²) in [6.45, 7) is 13.9. The monoisotopic (exact) mass is 464 g/mol. The van der Waals surface area contributed by atoms with Crippen molar-refractivity contribution >= 4 is 21.5 Å². The van der Waals surface area contributed by atoms with E-state index in [4.69, 9.17) is 4.74 Å². The van der Waals surface area contributed by atoms with Crippen molar-refractivity contribution in [3.05, 3.63) is 64.8 Å². The molecule has 1 fully saturated rings. The fourth-order valence-electron chi connectivity index (χ4n) is 6.75. The van der Waals surface area contributed by atoms with Crippen molar-refractivity contribution < 1.29 is 9.30 Å². The minimum atomic E-state index is 0.465. The summed E-state index contributed by atoms with van der Waals surface area (Å²) in [6.07, 6.45) is 7.36. The number of rotatable bonds is 2. The van der Waals surface area contributed by atoms with E-state index in [9.17, 15) is 0 Å². The topological polar surface area (TPSA) is 13.1 Å². The predicted octanol–water partition coefficient (Wildman–Crippen LogP) is 9.01. The number of aryl methyl sites for hydroxylation is 3. The highest BCUT2D eigenvalue weighted by Crippen LogP contribution is 2.52. The van der Waals surface area contributed by atoms with Crippen molar-refractivity contribution in [1.82, 2.24) is 0 Å². The summed E-state index contributed by atoms with van der Waals surface area (Å²) in [7, 11) is 2.17. The van der Waals surface area contributed by atoms with Crippen LogP contribution in [-0.4, -0.2) is 0 Å². The number of fused-ring (bicyclic) bond motifs is 3. The van der Waals surface area contributed by atoms with E-state index < -0.39 is 0 Å². The first-order chi connectivity index (χ1) is 16.7. The lowest BCUT2D eigenvalue weighted by atomic mass is 9.71. The average Bonchev–Trinajstić information content (AvgIpc) is 2.83. The number of nitrogens with zero attached hydrogens (tertiary/aromatic N) is 1. The second-order valence-electron chi connectivity index (χ2n) is 12.2. The van der Waals surface area contributed by atoms with Gasteiger partial charge in [-0.3, -0.25) is 0 Å². The normalized spacial score (nSPS) is 17.1. The van der Waals surface area contributed by atoms with Crippen LogP contribution < -0.4 is 9.30 Å². The summed E-state index contributed by atoms with van der Waals surface area (Å²) in [5.74, 6) is 3.16. The minimum Gasteiger partial charge on any atom is -0.455 e. The number of pyridine rings is 1. The smallest absolute Gasteiger partial charge is 0.228 e. The van der Waals surface area contributed by atoms with Crippen molar-refractivity contribution in [2.45, 2.75) is 79.1 Å². The molecular weight excluding hydrogens is 426 g/mol. The van der Waals surface area contributed by atoms with Gasteiger partial charge in [-0.2, -0.15) is 0 Å². The Bertz CT molecular complexity index is 1500. The van der Waals surface area contributed by atoms with Gasteiger partial charge in [0.2, 0.25) is 5.69 Å². The van der Waals surface area contributed by atoms with Crippen molar-refractivity contribution in [2.24, 2.45) is 12.5 Å². The molecule has 0 amide bonds. The fraction of sp³-hybridized carbons (Fsp3) is 0.424. The van der Waals surface area contributed by atoms with Crippen LogP contribution in [0.4, 0.5) is 0 Å². The van der Waals surface area contributed by atoms with Gasteiger partial charge in [0, 0.05) is 11.6 Å². The van der Waals surface area contributed by atoms with E-state index in [0.29, 0.717) is 17.3 Å². The Kier molecular flexibility index (Phi) is 5.04. The van der Waals surface area contributed by atoms with Crippen molar-refractivity contribution in [2.75, 3.05) is 0 Å². The third-order valence-electron chi connectivity index (χ3n) is 8.92. The highest BCUT2D eigenvalue weighted by atomic mass is 16.5. The zero-order valence-electron chi connectivity index (χ0n) is 22.4. The van der Waals surface area contributed by atoms with Gasteiger partial charge in [0.15, 0.2) is 6.20 Å². The van der Waals surface area contributed by atoms with Crippen LogP contribution in [0.5, 0.6) is 11.5 Å². The first kappa shape index (κ1) is 22.6. The van der Waals surface area contributed by atoms with E-state index >= 15 is 0 Å². The van der Waals surface area contributed by atoms with Crippen molar-refractivity contribution in [1.29, 1.82) is 0 Å². The minimum absolute atomic E-state index is 0.465. The molecule has 3 aromatic carbocycles. The lowest BCUT2D eigenvalue weighted by Gasteiger charge is -2.35. The molecule has 2 aliphatic rings.